The first-order valence-corrected chi connectivity index (χ1v) is 6.99. The van der Waals surface area contributed by atoms with Crippen molar-refractivity contribution in [1.82, 2.24) is 4.98 Å². The fourth-order valence-corrected chi connectivity index (χ4v) is 2.44. The molecule has 0 atom stereocenters. The van der Waals surface area contributed by atoms with Crippen LogP contribution in [0.4, 0.5) is 15.8 Å². The summed E-state index contributed by atoms with van der Waals surface area (Å²) in [6.45, 7) is 5.25. The first-order valence-electron chi connectivity index (χ1n) is 6.99. The Hall–Kier alpha value is -2.35. The van der Waals surface area contributed by atoms with Crippen molar-refractivity contribution in [2.75, 3.05) is 23.7 Å². The van der Waals surface area contributed by atoms with Crippen molar-refractivity contribution < 1.29 is 4.39 Å². The van der Waals surface area contributed by atoms with Crippen molar-refractivity contribution >= 4 is 22.3 Å². The molecule has 5 heteroatoms. The number of anilines is 2. The van der Waals surface area contributed by atoms with Crippen molar-refractivity contribution in [3.63, 3.8) is 0 Å². The van der Waals surface area contributed by atoms with Crippen LogP contribution in [-0.4, -0.2) is 18.1 Å². The summed E-state index contributed by atoms with van der Waals surface area (Å²) in [5, 5.41) is 9.55. The number of nitrogens with two attached hydrogens (primary N) is 1. The summed E-state index contributed by atoms with van der Waals surface area (Å²) >= 11 is 0. The lowest BCUT2D eigenvalue weighted by molar-refractivity contribution is 0.584. The van der Waals surface area contributed by atoms with E-state index in [4.69, 9.17) is 11.0 Å². The minimum Gasteiger partial charge on any atom is -0.398 e. The maximum absolute atomic E-state index is 14.5. The van der Waals surface area contributed by atoms with Gasteiger partial charge in [0.25, 0.3) is 0 Å². The number of pyridine rings is 1. The molecular formula is C16H19FN4. The van der Waals surface area contributed by atoms with Gasteiger partial charge in [0, 0.05) is 30.4 Å². The monoisotopic (exact) mass is 286 g/mol. The number of nitriles is 1. The highest BCUT2D eigenvalue weighted by Crippen LogP contribution is 2.32. The Morgan fingerprint density at radius 3 is 2.90 bits per heavy atom. The molecule has 0 saturated heterocycles. The average Bonchev–Trinajstić information content (AvgIpc) is 2.44. The van der Waals surface area contributed by atoms with E-state index in [9.17, 15) is 4.39 Å². The lowest BCUT2D eigenvalue weighted by Gasteiger charge is -2.27. The maximum atomic E-state index is 14.5. The number of benzene rings is 1. The van der Waals surface area contributed by atoms with Crippen LogP contribution in [0.15, 0.2) is 24.4 Å². The van der Waals surface area contributed by atoms with E-state index < -0.39 is 5.82 Å². The molecule has 1 aromatic heterocycles. The van der Waals surface area contributed by atoms with Crippen LogP contribution in [0.1, 0.15) is 20.3 Å². The topological polar surface area (TPSA) is 65.9 Å². The van der Waals surface area contributed by atoms with Crippen molar-refractivity contribution in [3.8, 4) is 6.07 Å². The summed E-state index contributed by atoms with van der Waals surface area (Å²) in [7, 11) is 0. The van der Waals surface area contributed by atoms with Gasteiger partial charge >= 0.3 is 0 Å². The van der Waals surface area contributed by atoms with E-state index >= 15 is 0 Å². The van der Waals surface area contributed by atoms with E-state index in [0.717, 1.165) is 5.39 Å². The molecule has 2 N–H and O–H groups in total. The van der Waals surface area contributed by atoms with Crippen LogP contribution in [-0.2, 0) is 0 Å². The smallest absolute Gasteiger partial charge is 0.150 e. The second-order valence-corrected chi connectivity index (χ2v) is 5.44. The molecule has 0 aliphatic rings. The number of halogens is 1. The molecule has 1 aromatic carbocycles. The third-order valence-electron chi connectivity index (χ3n) is 3.25. The van der Waals surface area contributed by atoms with Gasteiger partial charge in [0.2, 0.25) is 0 Å². The van der Waals surface area contributed by atoms with Crippen LogP contribution in [0.3, 0.4) is 0 Å². The Morgan fingerprint density at radius 2 is 2.24 bits per heavy atom. The normalized spacial score (nSPS) is 10.8. The molecule has 2 rings (SSSR count). The number of nitrogens with zero attached hydrogens (tertiary/aromatic N) is 3. The number of nitrogen functional groups attached to an aromatic ring is 1. The second-order valence-electron chi connectivity index (χ2n) is 5.44. The van der Waals surface area contributed by atoms with Crippen LogP contribution in [0.25, 0.3) is 10.9 Å². The molecule has 0 aliphatic carbocycles. The molecule has 0 spiro atoms. The zero-order chi connectivity index (χ0) is 15.4. The van der Waals surface area contributed by atoms with E-state index in [1.165, 1.54) is 6.07 Å². The highest BCUT2D eigenvalue weighted by Gasteiger charge is 2.18. The Kier molecular flexibility index (Phi) is 4.59. The van der Waals surface area contributed by atoms with Gasteiger partial charge in [-0.2, -0.15) is 5.26 Å². The summed E-state index contributed by atoms with van der Waals surface area (Å²) in [4.78, 5) is 6.18. The zero-order valence-corrected chi connectivity index (χ0v) is 12.3. The van der Waals surface area contributed by atoms with Crippen LogP contribution in [0.5, 0.6) is 0 Å². The van der Waals surface area contributed by atoms with Crippen molar-refractivity contribution in [2.45, 2.75) is 20.3 Å². The van der Waals surface area contributed by atoms with Crippen LogP contribution in [0, 0.1) is 23.1 Å². The first kappa shape index (κ1) is 15.0. The zero-order valence-electron chi connectivity index (χ0n) is 12.3. The van der Waals surface area contributed by atoms with Gasteiger partial charge < -0.3 is 10.6 Å². The molecular weight excluding hydrogens is 267 g/mol. The van der Waals surface area contributed by atoms with E-state index in [0.29, 0.717) is 42.3 Å². The predicted molar refractivity (Wildman–Crippen MR) is 83.4 cm³/mol. The SMILES string of the molecule is CC(C)CN(CCC#N)c1c(F)cc(N)c2cccnc12. The Balaban J connectivity index is 2.58. The molecule has 0 aliphatic heterocycles. The molecule has 0 amide bonds. The van der Waals surface area contributed by atoms with Gasteiger partial charge in [0.1, 0.15) is 0 Å². The summed E-state index contributed by atoms with van der Waals surface area (Å²) in [6.07, 6.45) is 1.97. The second kappa shape index (κ2) is 6.40. The number of rotatable bonds is 5. The lowest BCUT2D eigenvalue weighted by Crippen LogP contribution is -2.29. The van der Waals surface area contributed by atoms with Crippen molar-refractivity contribution in [1.29, 1.82) is 5.26 Å². The molecule has 0 unspecified atom stereocenters. The van der Waals surface area contributed by atoms with Gasteiger partial charge in [0.15, 0.2) is 5.82 Å². The molecule has 2 aromatic rings. The summed E-state index contributed by atoms with van der Waals surface area (Å²) in [5.41, 5.74) is 7.24. The van der Waals surface area contributed by atoms with E-state index in [-0.39, 0.29) is 0 Å². The molecule has 0 saturated carbocycles. The minimum atomic E-state index is -0.391. The molecule has 0 bridgehead atoms. The number of fused-ring (bicyclic) bond motifs is 1. The largest absolute Gasteiger partial charge is 0.398 e. The number of hydrogen-bond donors (Lipinski definition) is 1. The summed E-state index contributed by atoms with van der Waals surface area (Å²) < 4.78 is 14.5. The minimum absolute atomic E-state index is 0.338. The Bertz CT molecular complexity index is 676. The third kappa shape index (κ3) is 3.22. The van der Waals surface area contributed by atoms with Gasteiger partial charge in [0.05, 0.1) is 23.7 Å². The fraction of sp³-hybridized carbons (Fsp3) is 0.375. The van der Waals surface area contributed by atoms with Gasteiger partial charge in [-0.3, -0.25) is 4.98 Å². The third-order valence-corrected chi connectivity index (χ3v) is 3.25. The molecule has 21 heavy (non-hydrogen) atoms. The quantitative estimate of drug-likeness (QED) is 0.856. The number of aromatic nitrogens is 1. The lowest BCUT2D eigenvalue weighted by atomic mass is 10.1. The summed E-state index contributed by atoms with van der Waals surface area (Å²) in [5.74, 6) is -0.0447. The standard InChI is InChI=1S/C16H19FN4/c1-11(2)10-21(8-4-6-18)16-13(17)9-14(19)12-5-3-7-20-15(12)16/h3,5,7,9,11H,4,8,10,19H2,1-2H3. The highest BCUT2D eigenvalue weighted by atomic mass is 19.1. The van der Waals surface area contributed by atoms with Crippen LogP contribution in [0.2, 0.25) is 0 Å². The van der Waals surface area contributed by atoms with Crippen LogP contribution >= 0.6 is 0 Å². The molecule has 4 nitrogen and oxygen atoms in total. The van der Waals surface area contributed by atoms with Gasteiger partial charge in [-0.25, -0.2) is 4.39 Å². The van der Waals surface area contributed by atoms with E-state index in [1.807, 2.05) is 11.0 Å². The van der Waals surface area contributed by atoms with Crippen LogP contribution < -0.4 is 10.6 Å². The maximum Gasteiger partial charge on any atom is 0.150 e. The Labute approximate surface area is 124 Å². The average molecular weight is 286 g/mol. The molecule has 1 heterocycles. The number of hydrogen-bond acceptors (Lipinski definition) is 4. The molecule has 0 fully saturated rings. The summed E-state index contributed by atoms with van der Waals surface area (Å²) in [6, 6.07) is 7.06. The highest BCUT2D eigenvalue weighted by molar-refractivity contribution is 5.98. The van der Waals surface area contributed by atoms with Crippen molar-refractivity contribution in [2.24, 2.45) is 5.92 Å². The van der Waals surface area contributed by atoms with E-state index in [2.05, 4.69) is 24.9 Å². The molecule has 0 radical (unpaired) electrons. The van der Waals surface area contributed by atoms with E-state index in [1.54, 1.807) is 12.3 Å². The van der Waals surface area contributed by atoms with Crippen molar-refractivity contribution in [3.05, 3.63) is 30.2 Å². The van der Waals surface area contributed by atoms with Gasteiger partial charge in [-0.1, -0.05) is 13.8 Å². The van der Waals surface area contributed by atoms with Gasteiger partial charge in [-0.15, -0.1) is 0 Å². The molecule has 110 valence electrons. The Morgan fingerprint density at radius 1 is 1.48 bits per heavy atom. The van der Waals surface area contributed by atoms with Gasteiger partial charge in [-0.05, 0) is 24.1 Å². The predicted octanol–water partition coefficient (Wildman–Crippen LogP) is 3.33. The fourth-order valence-electron chi connectivity index (χ4n) is 2.44. The first-order chi connectivity index (χ1) is 10.0.